The third kappa shape index (κ3) is 10.0. The van der Waals surface area contributed by atoms with Crippen molar-refractivity contribution in [2.75, 3.05) is 23.8 Å². The first-order valence-electron chi connectivity index (χ1n) is 12.6. The molecule has 38 heavy (non-hydrogen) atoms. The molecule has 4 atom stereocenters. The first-order valence-corrected chi connectivity index (χ1v) is 14.7. The van der Waals surface area contributed by atoms with Gasteiger partial charge >= 0.3 is 0 Å². The van der Waals surface area contributed by atoms with Gasteiger partial charge in [0.15, 0.2) is 0 Å². The molecule has 0 spiro atoms. The van der Waals surface area contributed by atoms with Crippen molar-refractivity contribution >= 4 is 47.2 Å². The van der Waals surface area contributed by atoms with Crippen LogP contribution in [0.25, 0.3) is 0 Å². The molecular formula is C25H40N6O5S2. The summed E-state index contributed by atoms with van der Waals surface area (Å²) in [6.45, 7) is 4.13. The number of aromatic hydroxyl groups is 1. The van der Waals surface area contributed by atoms with Gasteiger partial charge < -0.3 is 38.3 Å². The zero-order valence-electron chi connectivity index (χ0n) is 21.9. The Morgan fingerprint density at radius 2 is 1.82 bits per heavy atom. The quantitative estimate of drug-likeness (QED) is 0.193. The number of rotatable bonds is 9. The number of hydrogen-bond donors (Lipinski definition) is 7. The highest BCUT2D eigenvalue weighted by Crippen LogP contribution is 2.29. The number of carbonyl (C=O) groups excluding carboxylic acids is 4. The van der Waals surface area contributed by atoms with Crippen LogP contribution in [0, 0.1) is 0 Å². The third-order valence-corrected chi connectivity index (χ3v) is 8.90. The number of primary amides is 1. The number of carbonyl (C=O) groups is 4. The maximum absolute atomic E-state index is 13.3. The Balaban J connectivity index is 2.20. The molecule has 1 saturated heterocycles. The van der Waals surface area contributed by atoms with E-state index in [1.54, 1.807) is 12.1 Å². The summed E-state index contributed by atoms with van der Waals surface area (Å²) in [6, 6.07) is 2.65. The molecule has 11 nitrogen and oxygen atoms in total. The van der Waals surface area contributed by atoms with E-state index in [9.17, 15) is 24.3 Å². The van der Waals surface area contributed by atoms with Crippen molar-refractivity contribution < 1.29 is 24.3 Å². The zero-order valence-corrected chi connectivity index (χ0v) is 23.5. The van der Waals surface area contributed by atoms with E-state index < -0.39 is 52.5 Å². The Hall–Kier alpha value is -2.48. The van der Waals surface area contributed by atoms with Crippen molar-refractivity contribution in [3.8, 4) is 5.75 Å². The molecule has 1 fully saturated rings. The summed E-state index contributed by atoms with van der Waals surface area (Å²) < 4.78 is -0.670. The van der Waals surface area contributed by atoms with E-state index in [2.05, 4.69) is 16.0 Å². The highest BCUT2D eigenvalue weighted by atomic mass is 32.2. The molecule has 0 unspecified atom stereocenters. The van der Waals surface area contributed by atoms with Crippen LogP contribution < -0.4 is 33.2 Å². The van der Waals surface area contributed by atoms with Gasteiger partial charge in [-0.15, -0.1) is 0 Å². The first kappa shape index (κ1) is 31.7. The van der Waals surface area contributed by atoms with Crippen LogP contribution in [0.4, 0.5) is 0 Å². The van der Waals surface area contributed by atoms with Crippen molar-refractivity contribution in [3.05, 3.63) is 29.8 Å². The fourth-order valence-electron chi connectivity index (χ4n) is 3.95. The fourth-order valence-corrected chi connectivity index (χ4v) is 6.26. The van der Waals surface area contributed by atoms with Crippen LogP contribution in [0.2, 0.25) is 0 Å². The van der Waals surface area contributed by atoms with Gasteiger partial charge in [-0.25, -0.2) is 0 Å². The molecule has 1 aromatic carbocycles. The lowest BCUT2D eigenvalue weighted by molar-refractivity contribution is -0.133. The minimum atomic E-state index is -0.937. The van der Waals surface area contributed by atoms with E-state index in [1.165, 1.54) is 35.7 Å². The number of amides is 4. The summed E-state index contributed by atoms with van der Waals surface area (Å²) in [5, 5.41) is 17.7. The van der Waals surface area contributed by atoms with Gasteiger partial charge in [-0.3, -0.25) is 19.2 Å². The largest absolute Gasteiger partial charge is 0.508 e. The highest BCUT2D eigenvalue weighted by Gasteiger charge is 2.38. The lowest BCUT2D eigenvalue weighted by atomic mass is 10.0. The number of hydrogen-bond acceptors (Lipinski definition) is 9. The van der Waals surface area contributed by atoms with Crippen LogP contribution in [0.1, 0.15) is 38.7 Å². The number of unbranched alkanes of at least 4 members (excludes halogenated alkanes) is 1. The molecule has 0 saturated carbocycles. The molecule has 0 radical (unpaired) electrons. The molecule has 1 heterocycles. The predicted molar refractivity (Wildman–Crippen MR) is 152 cm³/mol. The second kappa shape index (κ2) is 15.2. The van der Waals surface area contributed by atoms with Gasteiger partial charge in [0, 0.05) is 22.0 Å². The van der Waals surface area contributed by atoms with E-state index in [0.29, 0.717) is 37.3 Å². The lowest BCUT2D eigenvalue weighted by Crippen LogP contribution is -2.61. The van der Waals surface area contributed by atoms with E-state index >= 15 is 0 Å². The number of phenols is 1. The van der Waals surface area contributed by atoms with Gasteiger partial charge in [-0.1, -0.05) is 12.1 Å². The molecule has 2 rings (SSSR count). The predicted octanol–water partition coefficient (Wildman–Crippen LogP) is -0.411. The molecule has 1 aromatic rings. The number of phenolic OH excluding ortho intramolecular Hbond substituents is 1. The van der Waals surface area contributed by atoms with E-state index in [0.717, 1.165) is 5.56 Å². The van der Waals surface area contributed by atoms with Crippen molar-refractivity contribution in [1.82, 2.24) is 16.0 Å². The van der Waals surface area contributed by atoms with Crippen LogP contribution in [0.3, 0.4) is 0 Å². The molecule has 1 aliphatic rings. The Morgan fingerprint density at radius 3 is 2.45 bits per heavy atom. The monoisotopic (exact) mass is 568 g/mol. The summed E-state index contributed by atoms with van der Waals surface area (Å²) in [6.07, 6.45) is 1.76. The first-order chi connectivity index (χ1) is 17.9. The molecule has 4 amide bonds. The smallest absolute Gasteiger partial charge is 0.244 e. The molecular weight excluding hydrogens is 528 g/mol. The second-order valence-electron chi connectivity index (χ2n) is 9.75. The molecule has 0 aliphatic carbocycles. The zero-order chi connectivity index (χ0) is 28.3. The second-order valence-corrected chi connectivity index (χ2v) is 12.7. The van der Waals surface area contributed by atoms with Gasteiger partial charge in [-0.2, -0.15) is 23.5 Å². The minimum absolute atomic E-state index is 0.109. The Labute approximate surface area is 232 Å². The minimum Gasteiger partial charge on any atom is -0.508 e. The SMILES string of the molecule is CC1(C)SCCSC[C@@H](NC(=O)[C@@H](N)Cc2ccc(O)cc2)C(=O)N[C@@H](CCCCN)C(=O)N[C@H]1C(N)=O. The van der Waals surface area contributed by atoms with Crippen LogP contribution in [0.15, 0.2) is 24.3 Å². The van der Waals surface area contributed by atoms with Crippen molar-refractivity contribution in [1.29, 1.82) is 0 Å². The number of nitrogens with two attached hydrogens (primary N) is 3. The van der Waals surface area contributed by atoms with Crippen LogP contribution >= 0.6 is 23.5 Å². The standard InChI is InChI=1S/C25H40N6O5S2/c1-25(2)20(21(28)33)31-23(35)18(5-3-4-10-26)29-24(36)19(14-37-11-12-38-25)30-22(34)17(27)13-15-6-8-16(32)9-7-15/h6-9,17-20,32H,3-5,10-14,26-27H2,1-2H3,(H2,28,33)(H,29,36)(H,30,34)(H,31,35)/t17-,18-,19+,20-/m0/s1. The van der Waals surface area contributed by atoms with Gasteiger partial charge in [-0.05, 0) is 63.8 Å². The molecule has 0 bridgehead atoms. The van der Waals surface area contributed by atoms with Gasteiger partial charge in [0.1, 0.15) is 23.9 Å². The highest BCUT2D eigenvalue weighted by molar-refractivity contribution is 8.03. The normalized spacial score (nSPS) is 23.5. The summed E-state index contributed by atoms with van der Waals surface area (Å²) in [7, 11) is 0. The number of benzene rings is 1. The van der Waals surface area contributed by atoms with Crippen molar-refractivity contribution in [2.45, 2.75) is 68.4 Å². The molecule has 0 aromatic heterocycles. The maximum Gasteiger partial charge on any atom is 0.244 e. The molecule has 13 heteroatoms. The van der Waals surface area contributed by atoms with E-state index in [-0.39, 0.29) is 17.9 Å². The van der Waals surface area contributed by atoms with Gasteiger partial charge in [0.05, 0.1) is 6.04 Å². The average molecular weight is 569 g/mol. The molecule has 10 N–H and O–H groups in total. The van der Waals surface area contributed by atoms with E-state index in [4.69, 9.17) is 17.2 Å². The van der Waals surface area contributed by atoms with Crippen molar-refractivity contribution in [2.24, 2.45) is 17.2 Å². The summed E-state index contributed by atoms with van der Waals surface area (Å²) in [5.74, 6) is -0.521. The van der Waals surface area contributed by atoms with Gasteiger partial charge in [0.2, 0.25) is 23.6 Å². The number of nitrogens with one attached hydrogen (secondary N) is 3. The fraction of sp³-hybridized carbons (Fsp3) is 0.600. The van der Waals surface area contributed by atoms with Crippen LogP contribution in [0.5, 0.6) is 5.75 Å². The van der Waals surface area contributed by atoms with Gasteiger partial charge in [0.25, 0.3) is 0 Å². The maximum atomic E-state index is 13.3. The van der Waals surface area contributed by atoms with E-state index in [1.807, 2.05) is 13.8 Å². The Kier molecular flexibility index (Phi) is 12.7. The summed E-state index contributed by atoms with van der Waals surface area (Å²) in [4.78, 5) is 51.6. The Bertz CT molecular complexity index is 962. The third-order valence-electron chi connectivity index (χ3n) is 6.19. The lowest BCUT2D eigenvalue weighted by Gasteiger charge is -2.33. The summed E-state index contributed by atoms with van der Waals surface area (Å²) >= 11 is 2.98. The molecule has 212 valence electrons. The van der Waals surface area contributed by atoms with Crippen molar-refractivity contribution in [3.63, 3.8) is 0 Å². The summed E-state index contributed by atoms with van der Waals surface area (Å²) in [5.41, 5.74) is 18.1. The molecule has 1 aliphatic heterocycles. The number of thioether (sulfide) groups is 2. The topological polar surface area (TPSA) is 203 Å². The van der Waals surface area contributed by atoms with Crippen LogP contribution in [-0.4, -0.2) is 81.5 Å². The Morgan fingerprint density at radius 1 is 1.13 bits per heavy atom. The van der Waals surface area contributed by atoms with Crippen LogP contribution in [-0.2, 0) is 25.6 Å². The average Bonchev–Trinajstić information content (AvgIpc) is 2.86.